The van der Waals surface area contributed by atoms with E-state index >= 15 is 0 Å². The molecule has 5 nitrogen and oxygen atoms in total. The van der Waals surface area contributed by atoms with Crippen molar-refractivity contribution in [2.24, 2.45) is 16.8 Å². The summed E-state index contributed by atoms with van der Waals surface area (Å²) in [6, 6.07) is 0.567. The quantitative estimate of drug-likeness (QED) is 0.348. The molecule has 0 heterocycles. The van der Waals surface area contributed by atoms with Crippen LogP contribution in [0.2, 0.25) is 0 Å². The molecule has 2 N–H and O–H groups in total. The number of nitrogens with one attached hydrogen (secondary N) is 2. The molecule has 130 valence electrons. The average molecular weight is 313 g/mol. The second kappa shape index (κ2) is 10.8. The Hall–Kier alpha value is -0.810. The molecule has 0 amide bonds. The first-order valence-electron chi connectivity index (χ1n) is 8.81. The molecule has 1 saturated carbocycles. The van der Waals surface area contributed by atoms with Gasteiger partial charge in [-0.1, -0.05) is 13.8 Å². The first-order valence-corrected chi connectivity index (χ1v) is 8.81. The van der Waals surface area contributed by atoms with Crippen molar-refractivity contribution in [3.05, 3.63) is 0 Å². The van der Waals surface area contributed by atoms with E-state index in [0.717, 1.165) is 51.1 Å². The van der Waals surface area contributed by atoms with Crippen LogP contribution in [0.4, 0.5) is 0 Å². The first kappa shape index (κ1) is 19.2. The summed E-state index contributed by atoms with van der Waals surface area (Å²) >= 11 is 0. The van der Waals surface area contributed by atoms with Crippen LogP contribution in [0.3, 0.4) is 0 Å². The molecule has 0 spiro atoms. The Labute approximate surface area is 136 Å². The second-order valence-electron chi connectivity index (χ2n) is 6.81. The van der Waals surface area contributed by atoms with Gasteiger partial charge in [0.25, 0.3) is 0 Å². The van der Waals surface area contributed by atoms with Crippen LogP contribution in [0.15, 0.2) is 4.99 Å². The van der Waals surface area contributed by atoms with E-state index in [1.165, 1.54) is 12.8 Å². The van der Waals surface area contributed by atoms with Crippen LogP contribution in [-0.2, 0) is 4.74 Å². The highest BCUT2D eigenvalue weighted by Crippen LogP contribution is 2.34. The van der Waals surface area contributed by atoms with Gasteiger partial charge in [0.05, 0.1) is 13.2 Å². The highest BCUT2D eigenvalue weighted by Gasteiger charge is 2.32. The first-order chi connectivity index (χ1) is 10.5. The number of guanidine groups is 1. The zero-order chi connectivity index (χ0) is 16.4. The summed E-state index contributed by atoms with van der Waals surface area (Å²) in [6.45, 7) is 10.7. The minimum absolute atomic E-state index is 0.567. The molecule has 0 aromatic heterocycles. The number of rotatable bonds is 11. The van der Waals surface area contributed by atoms with Crippen LogP contribution in [0, 0.1) is 11.8 Å². The fraction of sp³-hybridized carbons (Fsp3) is 0.941. The molecule has 1 rings (SSSR count). The van der Waals surface area contributed by atoms with Crippen LogP contribution in [0.1, 0.15) is 40.0 Å². The molecule has 1 fully saturated rings. The largest absolute Gasteiger partial charge is 0.380 e. The number of hydrogen-bond donors (Lipinski definition) is 2. The summed E-state index contributed by atoms with van der Waals surface area (Å²) in [6.07, 6.45) is 3.83. The standard InChI is InChI=1S/C17H36N4O/c1-6-18-17(19-10-12-22-11-9-14(2)3)20-13-16(21(4)5)15-7-8-15/h14-16H,6-13H2,1-5H3,(H2,18,19,20). The Kier molecular flexibility index (Phi) is 9.48. The van der Waals surface area contributed by atoms with Crippen LogP contribution in [0.25, 0.3) is 0 Å². The summed E-state index contributed by atoms with van der Waals surface area (Å²) in [4.78, 5) is 7.04. The lowest BCUT2D eigenvalue weighted by Gasteiger charge is -2.23. The lowest BCUT2D eigenvalue weighted by Crippen LogP contribution is -2.41. The van der Waals surface area contributed by atoms with E-state index in [0.29, 0.717) is 12.0 Å². The second-order valence-corrected chi connectivity index (χ2v) is 6.81. The van der Waals surface area contributed by atoms with Gasteiger partial charge in [-0.2, -0.15) is 0 Å². The topological polar surface area (TPSA) is 48.9 Å². The molecular formula is C17H36N4O. The summed E-state index contributed by atoms with van der Waals surface area (Å²) in [5.74, 6) is 2.45. The maximum absolute atomic E-state index is 5.63. The Morgan fingerprint density at radius 3 is 2.50 bits per heavy atom. The maximum atomic E-state index is 5.63. The van der Waals surface area contributed by atoms with Crippen molar-refractivity contribution in [2.75, 3.05) is 46.9 Å². The van der Waals surface area contributed by atoms with Gasteiger partial charge < -0.3 is 20.3 Å². The summed E-state index contributed by atoms with van der Waals surface area (Å²) in [7, 11) is 4.31. The zero-order valence-corrected chi connectivity index (χ0v) is 15.2. The van der Waals surface area contributed by atoms with Gasteiger partial charge in [0, 0.05) is 25.7 Å². The smallest absolute Gasteiger partial charge is 0.191 e. The molecule has 0 radical (unpaired) electrons. The molecule has 1 aliphatic rings. The molecule has 0 aliphatic heterocycles. The summed E-state index contributed by atoms with van der Waals surface area (Å²) in [5, 5.41) is 6.67. The van der Waals surface area contributed by atoms with Crippen molar-refractivity contribution >= 4 is 5.96 Å². The lowest BCUT2D eigenvalue weighted by atomic mass is 10.1. The highest BCUT2D eigenvalue weighted by atomic mass is 16.5. The Morgan fingerprint density at radius 1 is 1.23 bits per heavy atom. The van der Waals surface area contributed by atoms with Crippen LogP contribution >= 0.6 is 0 Å². The minimum atomic E-state index is 0.567. The normalized spacial score (nSPS) is 17.1. The number of likely N-dealkylation sites (N-methyl/N-ethyl adjacent to an activating group) is 1. The van der Waals surface area contributed by atoms with Gasteiger partial charge in [-0.15, -0.1) is 0 Å². The molecule has 5 heteroatoms. The molecular weight excluding hydrogens is 276 g/mol. The molecule has 0 saturated heterocycles. The summed E-state index contributed by atoms with van der Waals surface area (Å²) < 4.78 is 5.63. The van der Waals surface area contributed by atoms with Gasteiger partial charge in [-0.25, -0.2) is 0 Å². The predicted octanol–water partition coefficient (Wildman–Crippen LogP) is 1.94. The van der Waals surface area contributed by atoms with E-state index in [-0.39, 0.29) is 0 Å². The molecule has 0 bridgehead atoms. The third-order valence-corrected chi connectivity index (χ3v) is 3.99. The number of hydrogen-bond acceptors (Lipinski definition) is 3. The fourth-order valence-corrected chi connectivity index (χ4v) is 2.40. The van der Waals surface area contributed by atoms with E-state index in [2.05, 4.69) is 50.4 Å². The molecule has 22 heavy (non-hydrogen) atoms. The van der Waals surface area contributed by atoms with Gasteiger partial charge >= 0.3 is 0 Å². The Balaban J connectivity index is 2.26. The lowest BCUT2D eigenvalue weighted by molar-refractivity contribution is 0.128. The molecule has 0 aromatic rings. The molecule has 1 unspecified atom stereocenters. The molecule has 1 aliphatic carbocycles. The van der Waals surface area contributed by atoms with Gasteiger partial charge in [-0.3, -0.25) is 4.99 Å². The van der Waals surface area contributed by atoms with Crippen LogP contribution in [0.5, 0.6) is 0 Å². The van der Waals surface area contributed by atoms with E-state index in [1.807, 2.05) is 0 Å². The van der Waals surface area contributed by atoms with E-state index in [1.54, 1.807) is 0 Å². The average Bonchev–Trinajstić information content (AvgIpc) is 3.26. The fourth-order valence-electron chi connectivity index (χ4n) is 2.40. The SMILES string of the molecule is CCNC(=NCC(C1CC1)N(C)C)NCCOCCC(C)C. The van der Waals surface area contributed by atoms with Crippen molar-refractivity contribution in [1.29, 1.82) is 0 Å². The number of nitrogens with zero attached hydrogens (tertiary/aromatic N) is 2. The van der Waals surface area contributed by atoms with E-state index in [9.17, 15) is 0 Å². The number of aliphatic imine (C=N–C) groups is 1. The maximum Gasteiger partial charge on any atom is 0.191 e. The number of ether oxygens (including phenoxy) is 1. The van der Waals surface area contributed by atoms with Gasteiger partial charge in [-0.05, 0) is 52.1 Å². The monoisotopic (exact) mass is 312 g/mol. The van der Waals surface area contributed by atoms with Crippen molar-refractivity contribution in [3.8, 4) is 0 Å². The molecule has 1 atom stereocenters. The highest BCUT2D eigenvalue weighted by molar-refractivity contribution is 5.79. The third kappa shape index (κ3) is 8.59. The van der Waals surface area contributed by atoms with Crippen molar-refractivity contribution in [1.82, 2.24) is 15.5 Å². The van der Waals surface area contributed by atoms with Gasteiger partial charge in [0.15, 0.2) is 5.96 Å². The van der Waals surface area contributed by atoms with Crippen molar-refractivity contribution in [3.63, 3.8) is 0 Å². The summed E-state index contributed by atoms with van der Waals surface area (Å²) in [5.41, 5.74) is 0. The van der Waals surface area contributed by atoms with Gasteiger partial charge in [0.1, 0.15) is 0 Å². The molecule has 0 aromatic carbocycles. The van der Waals surface area contributed by atoms with Crippen molar-refractivity contribution in [2.45, 2.75) is 46.1 Å². The van der Waals surface area contributed by atoms with Crippen molar-refractivity contribution < 1.29 is 4.74 Å². The third-order valence-electron chi connectivity index (χ3n) is 3.99. The zero-order valence-electron chi connectivity index (χ0n) is 15.2. The van der Waals surface area contributed by atoms with Gasteiger partial charge in [0.2, 0.25) is 0 Å². The Morgan fingerprint density at radius 2 is 1.95 bits per heavy atom. The Bertz CT molecular complexity index is 312. The van der Waals surface area contributed by atoms with Crippen LogP contribution in [-0.4, -0.2) is 63.8 Å². The minimum Gasteiger partial charge on any atom is -0.380 e. The van der Waals surface area contributed by atoms with Crippen LogP contribution < -0.4 is 10.6 Å². The predicted molar refractivity (Wildman–Crippen MR) is 94.5 cm³/mol. The van der Waals surface area contributed by atoms with E-state index < -0.39 is 0 Å². The van der Waals surface area contributed by atoms with E-state index in [4.69, 9.17) is 9.73 Å².